The summed E-state index contributed by atoms with van der Waals surface area (Å²) in [5, 5.41) is 8.73. The summed E-state index contributed by atoms with van der Waals surface area (Å²) in [7, 11) is 2.62. The number of hydrogen-bond acceptors (Lipinski definition) is 6. The lowest BCUT2D eigenvalue weighted by atomic mass is 9.98. The number of rotatable bonds is 10. The van der Waals surface area contributed by atoms with Gasteiger partial charge in [-0.25, -0.2) is 4.39 Å². The van der Waals surface area contributed by atoms with Crippen LogP contribution >= 0.6 is 24.0 Å². The number of thiocarbonyl (C=S) groups is 1. The van der Waals surface area contributed by atoms with E-state index in [2.05, 4.69) is 0 Å². The van der Waals surface area contributed by atoms with Crippen molar-refractivity contribution in [3.63, 3.8) is 0 Å². The second-order valence-corrected chi connectivity index (χ2v) is 9.71. The van der Waals surface area contributed by atoms with Gasteiger partial charge in [-0.3, -0.25) is 14.5 Å². The monoisotopic (exact) mass is 557 g/mol. The molecule has 0 saturated carbocycles. The topological polar surface area (TPSA) is 76.1 Å². The fourth-order valence-corrected chi connectivity index (χ4v) is 5.05. The standard InChI is InChI=1S/C25H23F4NO5S2/c1-34-19-11-14(12-20-23(33)30(24(36)37-20)9-5-3-4-6-21(31)32)10-17(22(19)35-2)16-13-15(25(27,28)29)7-8-18(16)26/h7-8,10-13H,3-6,9H2,1-2H3,(H,31,32)/b20-12-. The number of carboxylic acid groups (broad SMARTS) is 1. The lowest BCUT2D eigenvalue weighted by Crippen LogP contribution is -2.29. The average Bonchev–Trinajstić information content (AvgIpc) is 3.09. The van der Waals surface area contributed by atoms with Crippen molar-refractivity contribution in [3.05, 3.63) is 52.2 Å². The highest BCUT2D eigenvalue weighted by molar-refractivity contribution is 8.26. The first-order chi connectivity index (χ1) is 17.5. The molecule has 198 valence electrons. The number of benzene rings is 2. The van der Waals surface area contributed by atoms with Crippen molar-refractivity contribution < 1.29 is 41.7 Å². The molecule has 0 aliphatic carbocycles. The molecule has 1 N–H and O–H groups in total. The summed E-state index contributed by atoms with van der Waals surface area (Å²) in [5.41, 5.74) is -0.981. The fraction of sp³-hybridized carbons (Fsp3) is 0.320. The number of ether oxygens (including phenoxy) is 2. The second kappa shape index (κ2) is 12.0. The van der Waals surface area contributed by atoms with Gasteiger partial charge in [0.05, 0.1) is 24.7 Å². The second-order valence-electron chi connectivity index (χ2n) is 8.03. The summed E-state index contributed by atoms with van der Waals surface area (Å²) in [6, 6.07) is 5.02. The Labute approximate surface area is 220 Å². The molecule has 0 aromatic heterocycles. The third-order valence-electron chi connectivity index (χ3n) is 5.53. The number of alkyl halides is 3. The molecule has 1 heterocycles. The normalized spacial score (nSPS) is 15.0. The van der Waals surface area contributed by atoms with Gasteiger partial charge in [0.1, 0.15) is 10.1 Å². The third-order valence-corrected chi connectivity index (χ3v) is 6.91. The fourth-order valence-electron chi connectivity index (χ4n) is 3.74. The van der Waals surface area contributed by atoms with Gasteiger partial charge in [-0.1, -0.05) is 30.4 Å². The van der Waals surface area contributed by atoms with Gasteiger partial charge >= 0.3 is 12.1 Å². The van der Waals surface area contributed by atoms with E-state index in [9.17, 15) is 27.2 Å². The summed E-state index contributed by atoms with van der Waals surface area (Å²) in [5.74, 6) is -1.95. The molecule has 1 saturated heterocycles. The smallest absolute Gasteiger partial charge is 0.416 e. The molecule has 0 unspecified atom stereocenters. The molecule has 12 heteroatoms. The molecule has 2 aromatic rings. The van der Waals surface area contributed by atoms with Gasteiger partial charge in [-0.05, 0) is 54.8 Å². The molecule has 1 fully saturated rings. The van der Waals surface area contributed by atoms with Crippen LogP contribution in [0.3, 0.4) is 0 Å². The number of nitrogens with zero attached hydrogens (tertiary/aromatic N) is 1. The molecule has 6 nitrogen and oxygen atoms in total. The number of halogens is 4. The molecule has 0 atom stereocenters. The van der Waals surface area contributed by atoms with Crippen LogP contribution in [-0.4, -0.2) is 47.0 Å². The minimum absolute atomic E-state index is 0.0191. The summed E-state index contributed by atoms with van der Waals surface area (Å²) in [6.07, 6.45) is -1.46. The van der Waals surface area contributed by atoms with Gasteiger partial charge in [0, 0.05) is 24.1 Å². The van der Waals surface area contributed by atoms with Gasteiger partial charge in [-0.15, -0.1) is 0 Å². The number of carboxylic acids is 1. The Kier molecular flexibility index (Phi) is 9.19. The van der Waals surface area contributed by atoms with E-state index in [1.54, 1.807) is 0 Å². The van der Waals surface area contributed by atoms with E-state index < -0.39 is 23.5 Å². The van der Waals surface area contributed by atoms with Gasteiger partial charge in [0.15, 0.2) is 11.5 Å². The molecule has 1 aliphatic rings. The minimum Gasteiger partial charge on any atom is -0.493 e. The zero-order valence-corrected chi connectivity index (χ0v) is 21.5. The Morgan fingerprint density at radius 1 is 1.11 bits per heavy atom. The van der Waals surface area contributed by atoms with Crippen molar-refractivity contribution in [1.29, 1.82) is 0 Å². The Morgan fingerprint density at radius 2 is 1.84 bits per heavy atom. The van der Waals surface area contributed by atoms with Crippen molar-refractivity contribution in [3.8, 4) is 22.6 Å². The van der Waals surface area contributed by atoms with E-state index in [4.69, 9.17) is 26.8 Å². The largest absolute Gasteiger partial charge is 0.493 e. The number of hydrogen-bond donors (Lipinski definition) is 1. The van der Waals surface area contributed by atoms with E-state index in [0.717, 1.165) is 17.8 Å². The first-order valence-electron chi connectivity index (χ1n) is 11.1. The van der Waals surface area contributed by atoms with Gasteiger partial charge < -0.3 is 14.6 Å². The number of carbonyl (C=O) groups excluding carboxylic acids is 1. The minimum atomic E-state index is -4.68. The predicted octanol–water partition coefficient (Wildman–Crippen LogP) is 6.37. The van der Waals surface area contributed by atoms with Crippen molar-refractivity contribution >= 4 is 46.3 Å². The van der Waals surface area contributed by atoms with Crippen LogP contribution in [0.4, 0.5) is 17.6 Å². The van der Waals surface area contributed by atoms with Crippen LogP contribution in [0.2, 0.25) is 0 Å². The van der Waals surface area contributed by atoms with Crippen LogP contribution in [0.15, 0.2) is 35.2 Å². The van der Waals surface area contributed by atoms with Gasteiger partial charge in [-0.2, -0.15) is 13.2 Å². The highest BCUT2D eigenvalue weighted by atomic mass is 32.2. The van der Waals surface area contributed by atoms with Crippen molar-refractivity contribution in [1.82, 2.24) is 4.90 Å². The number of thioether (sulfide) groups is 1. The number of amides is 1. The maximum atomic E-state index is 14.7. The molecule has 1 aliphatic heterocycles. The summed E-state index contributed by atoms with van der Waals surface area (Å²) < 4.78 is 65.6. The Bertz CT molecular complexity index is 1250. The van der Waals surface area contributed by atoms with Gasteiger partial charge in [0.2, 0.25) is 0 Å². The van der Waals surface area contributed by atoms with Crippen LogP contribution in [0, 0.1) is 5.82 Å². The van der Waals surface area contributed by atoms with E-state index >= 15 is 0 Å². The van der Waals surface area contributed by atoms with Crippen LogP contribution < -0.4 is 9.47 Å². The van der Waals surface area contributed by atoms with Crippen molar-refractivity contribution in [2.75, 3.05) is 20.8 Å². The molecular formula is C25H23F4NO5S2. The zero-order chi connectivity index (χ0) is 27.3. The van der Waals surface area contributed by atoms with Crippen LogP contribution in [0.5, 0.6) is 11.5 Å². The van der Waals surface area contributed by atoms with E-state index in [1.807, 2.05) is 0 Å². The molecule has 1 amide bonds. The van der Waals surface area contributed by atoms with Crippen molar-refractivity contribution in [2.45, 2.75) is 31.9 Å². The number of unbranched alkanes of at least 4 members (excludes halogenated alkanes) is 2. The van der Waals surface area contributed by atoms with Crippen LogP contribution in [0.1, 0.15) is 36.8 Å². The highest BCUT2D eigenvalue weighted by Crippen LogP contribution is 2.43. The first kappa shape index (κ1) is 28.5. The van der Waals surface area contributed by atoms with Crippen LogP contribution in [0.25, 0.3) is 17.2 Å². The Balaban J connectivity index is 1.95. The predicted molar refractivity (Wildman–Crippen MR) is 136 cm³/mol. The SMILES string of the molecule is COc1cc(/C=C2\SC(=S)N(CCCCCC(=O)O)C2=O)cc(-c2cc(C(F)(F)F)ccc2F)c1OC. The molecule has 3 rings (SSSR count). The Morgan fingerprint density at radius 3 is 2.46 bits per heavy atom. The summed E-state index contributed by atoms with van der Waals surface area (Å²) >= 11 is 6.38. The van der Waals surface area contributed by atoms with E-state index in [0.29, 0.717) is 47.8 Å². The Hall–Kier alpha value is -3.12. The lowest BCUT2D eigenvalue weighted by Gasteiger charge is -2.16. The number of methoxy groups -OCH3 is 2. The first-order valence-corrected chi connectivity index (χ1v) is 12.3. The van der Waals surface area contributed by atoms with Crippen LogP contribution in [-0.2, 0) is 15.8 Å². The quantitative estimate of drug-likeness (QED) is 0.157. The molecule has 0 radical (unpaired) electrons. The lowest BCUT2D eigenvalue weighted by molar-refractivity contribution is -0.138. The molecular weight excluding hydrogens is 534 g/mol. The average molecular weight is 558 g/mol. The third kappa shape index (κ3) is 6.80. The molecule has 37 heavy (non-hydrogen) atoms. The zero-order valence-electron chi connectivity index (χ0n) is 19.9. The summed E-state index contributed by atoms with van der Waals surface area (Å²) in [6.45, 7) is 0.328. The number of aliphatic carboxylic acids is 1. The molecule has 0 spiro atoms. The number of carbonyl (C=O) groups is 2. The maximum absolute atomic E-state index is 14.7. The van der Waals surface area contributed by atoms with E-state index in [1.165, 1.54) is 37.3 Å². The molecule has 2 aromatic carbocycles. The highest BCUT2D eigenvalue weighted by Gasteiger charge is 2.33. The maximum Gasteiger partial charge on any atom is 0.416 e. The van der Waals surface area contributed by atoms with Gasteiger partial charge in [0.25, 0.3) is 5.91 Å². The van der Waals surface area contributed by atoms with E-state index in [-0.39, 0.29) is 39.9 Å². The van der Waals surface area contributed by atoms with Crippen molar-refractivity contribution in [2.24, 2.45) is 0 Å². The summed E-state index contributed by atoms with van der Waals surface area (Å²) in [4.78, 5) is 25.3. The molecule has 0 bridgehead atoms.